The van der Waals surface area contributed by atoms with Crippen LogP contribution in [0.2, 0.25) is 0 Å². The number of nitrogens with zero attached hydrogens (tertiary/aromatic N) is 1. The molecule has 0 aromatic heterocycles. The Balaban J connectivity index is 1.78. The molecule has 152 valence electrons. The Kier molecular flexibility index (Phi) is 8.07. The minimum Gasteiger partial charge on any atom is -0.493 e. The molecule has 2 aromatic rings. The number of methoxy groups -OCH3 is 2. The second kappa shape index (κ2) is 10.5. The number of carbonyl (C=O) groups is 1. The van der Waals surface area contributed by atoms with Gasteiger partial charge in [0.05, 0.1) is 20.3 Å². The molecule has 0 saturated heterocycles. The highest BCUT2D eigenvalue weighted by Crippen LogP contribution is 2.27. The van der Waals surface area contributed by atoms with Gasteiger partial charge in [0.25, 0.3) is 0 Å². The first-order chi connectivity index (χ1) is 13.4. The maximum Gasteiger partial charge on any atom is 0.237 e. The third-order valence-corrected chi connectivity index (χ3v) is 4.48. The first kappa shape index (κ1) is 21.5. The Hall–Kier alpha value is -2.80. The molecule has 2 aromatic carbocycles. The summed E-state index contributed by atoms with van der Waals surface area (Å²) in [6.07, 6.45) is 0. The molecule has 0 bridgehead atoms. The van der Waals surface area contributed by atoms with Crippen LogP contribution in [0, 0.1) is 5.82 Å². The quantitative estimate of drug-likeness (QED) is 0.676. The van der Waals surface area contributed by atoms with Gasteiger partial charge in [-0.15, -0.1) is 0 Å². The summed E-state index contributed by atoms with van der Waals surface area (Å²) in [5.74, 6) is 1.48. The van der Waals surface area contributed by atoms with Crippen LogP contribution < -0.4 is 19.5 Å². The molecule has 7 heteroatoms. The largest absolute Gasteiger partial charge is 0.493 e. The molecule has 1 atom stereocenters. The number of nitrogens with one attached hydrogen (secondary N) is 1. The van der Waals surface area contributed by atoms with Crippen LogP contribution in [0.5, 0.6) is 17.2 Å². The molecule has 28 heavy (non-hydrogen) atoms. The van der Waals surface area contributed by atoms with E-state index in [2.05, 4.69) is 5.32 Å². The Labute approximate surface area is 165 Å². The van der Waals surface area contributed by atoms with Crippen LogP contribution in [0.15, 0.2) is 42.5 Å². The molecule has 0 fully saturated rings. The van der Waals surface area contributed by atoms with Gasteiger partial charge in [0.2, 0.25) is 5.91 Å². The van der Waals surface area contributed by atoms with E-state index in [1.807, 2.05) is 37.1 Å². The number of hydrogen-bond donors (Lipinski definition) is 1. The average molecular weight is 390 g/mol. The van der Waals surface area contributed by atoms with Crippen LogP contribution in [-0.4, -0.2) is 51.3 Å². The number of benzene rings is 2. The van der Waals surface area contributed by atoms with E-state index in [1.54, 1.807) is 26.4 Å². The van der Waals surface area contributed by atoms with Gasteiger partial charge in [-0.25, -0.2) is 4.39 Å². The van der Waals surface area contributed by atoms with Crippen LogP contribution in [0.1, 0.15) is 12.5 Å². The molecule has 2 rings (SSSR count). The minimum atomic E-state index is -0.322. The van der Waals surface area contributed by atoms with E-state index in [-0.39, 0.29) is 17.8 Å². The molecule has 6 nitrogen and oxygen atoms in total. The van der Waals surface area contributed by atoms with Crippen molar-refractivity contribution in [1.82, 2.24) is 10.2 Å². The first-order valence-electron chi connectivity index (χ1n) is 9.01. The highest BCUT2D eigenvalue weighted by Gasteiger charge is 2.17. The number of ether oxygens (including phenoxy) is 3. The van der Waals surface area contributed by atoms with Crippen molar-refractivity contribution in [2.75, 3.05) is 34.4 Å². The van der Waals surface area contributed by atoms with Crippen LogP contribution in [0.25, 0.3) is 0 Å². The zero-order valence-corrected chi connectivity index (χ0v) is 16.7. The molecule has 0 heterocycles. The van der Waals surface area contributed by atoms with Crippen LogP contribution in [0.4, 0.5) is 4.39 Å². The Morgan fingerprint density at radius 1 is 1.11 bits per heavy atom. The molecular weight excluding hydrogens is 363 g/mol. The van der Waals surface area contributed by atoms with Crippen molar-refractivity contribution >= 4 is 5.91 Å². The number of likely N-dealkylation sites (N-methyl/N-ethyl adjacent to an activating group) is 1. The van der Waals surface area contributed by atoms with Crippen molar-refractivity contribution in [2.24, 2.45) is 0 Å². The standard InChI is InChI=1S/C21H27FN2O4/c1-15(24(2)11-12-28-18-8-6-17(22)7-9-18)21(25)23-14-16-5-10-19(26-3)20(13-16)27-4/h5-10,13,15H,11-12,14H2,1-4H3,(H,23,25). The summed E-state index contributed by atoms with van der Waals surface area (Å²) in [5.41, 5.74) is 0.917. The maximum atomic E-state index is 12.9. The van der Waals surface area contributed by atoms with Crippen molar-refractivity contribution < 1.29 is 23.4 Å². The van der Waals surface area contributed by atoms with E-state index in [0.717, 1.165) is 5.56 Å². The minimum absolute atomic E-state index is 0.0842. The fourth-order valence-corrected chi connectivity index (χ4v) is 2.56. The second-order valence-corrected chi connectivity index (χ2v) is 6.37. The predicted octanol–water partition coefficient (Wildman–Crippen LogP) is 2.86. The van der Waals surface area contributed by atoms with E-state index >= 15 is 0 Å². The Morgan fingerprint density at radius 2 is 1.79 bits per heavy atom. The van der Waals surface area contributed by atoms with Crippen LogP contribution >= 0.6 is 0 Å². The van der Waals surface area contributed by atoms with Crippen molar-refractivity contribution in [3.63, 3.8) is 0 Å². The van der Waals surface area contributed by atoms with Crippen molar-refractivity contribution in [3.8, 4) is 17.2 Å². The summed E-state index contributed by atoms with van der Waals surface area (Å²) in [5, 5.41) is 2.92. The zero-order chi connectivity index (χ0) is 20.5. The average Bonchev–Trinajstić information content (AvgIpc) is 2.72. The van der Waals surface area contributed by atoms with Crippen LogP contribution in [0.3, 0.4) is 0 Å². The number of amides is 1. The smallest absolute Gasteiger partial charge is 0.237 e. The lowest BCUT2D eigenvalue weighted by molar-refractivity contribution is -0.125. The van der Waals surface area contributed by atoms with E-state index in [0.29, 0.717) is 36.9 Å². The van der Waals surface area contributed by atoms with E-state index < -0.39 is 0 Å². The monoisotopic (exact) mass is 390 g/mol. The van der Waals surface area contributed by atoms with Gasteiger partial charge in [0.1, 0.15) is 18.2 Å². The summed E-state index contributed by atoms with van der Waals surface area (Å²) in [4.78, 5) is 14.3. The number of halogens is 1. The lowest BCUT2D eigenvalue weighted by atomic mass is 10.2. The highest BCUT2D eigenvalue weighted by atomic mass is 19.1. The molecular formula is C21H27FN2O4. The summed E-state index contributed by atoms with van der Waals surface area (Å²) in [7, 11) is 5.01. The number of hydrogen-bond acceptors (Lipinski definition) is 5. The summed E-state index contributed by atoms with van der Waals surface area (Å²) in [6.45, 7) is 3.18. The molecule has 1 unspecified atom stereocenters. The van der Waals surface area contributed by atoms with Gasteiger partial charge in [-0.1, -0.05) is 6.07 Å². The fourth-order valence-electron chi connectivity index (χ4n) is 2.56. The highest BCUT2D eigenvalue weighted by molar-refractivity contribution is 5.81. The number of rotatable bonds is 10. The van der Waals surface area contributed by atoms with Gasteiger partial charge < -0.3 is 19.5 Å². The van der Waals surface area contributed by atoms with Crippen molar-refractivity contribution in [3.05, 3.63) is 53.8 Å². The van der Waals surface area contributed by atoms with E-state index in [9.17, 15) is 9.18 Å². The second-order valence-electron chi connectivity index (χ2n) is 6.37. The van der Waals surface area contributed by atoms with E-state index in [4.69, 9.17) is 14.2 Å². The third-order valence-electron chi connectivity index (χ3n) is 4.48. The van der Waals surface area contributed by atoms with Gasteiger partial charge in [-0.3, -0.25) is 9.69 Å². The predicted molar refractivity (Wildman–Crippen MR) is 105 cm³/mol. The van der Waals surface area contributed by atoms with Crippen molar-refractivity contribution in [1.29, 1.82) is 0 Å². The normalized spacial score (nSPS) is 11.8. The van der Waals surface area contributed by atoms with Gasteiger partial charge in [0, 0.05) is 13.1 Å². The maximum absolute atomic E-state index is 12.9. The SMILES string of the molecule is COc1ccc(CNC(=O)C(C)N(C)CCOc2ccc(F)cc2)cc1OC. The number of carbonyl (C=O) groups excluding carboxylic acids is 1. The Morgan fingerprint density at radius 3 is 2.43 bits per heavy atom. The topological polar surface area (TPSA) is 60.0 Å². The summed E-state index contributed by atoms with van der Waals surface area (Å²) < 4.78 is 28.9. The van der Waals surface area contributed by atoms with Gasteiger partial charge >= 0.3 is 0 Å². The molecule has 0 radical (unpaired) electrons. The summed E-state index contributed by atoms with van der Waals surface area (Å²) in [6, 6.07) is 11.1. The Bertz CT molecular complexity index is 768. The zero-order valence-electron chi connectivity index (χ0n) is 16.7. The van der Waals surface area contributed by atoms with Gasteiger partial charge in [-0.05, 0) is 55.9 Å². The fraction of sp³-hybridized carbons (Fsp3) is 0.381. The molecule has 0 saturated carbocycles. The first-order valence-corrected chi connectivity index (χ1v) is 9.01. The van der Waals surface area contributed by atoms with E-state index in [1.165, 1.54) is 12.1 Å². The lowest BCUT2D eigenvalue weighted by Crippen LogP contribution is -2.44. The van der Waals surface area contributed by atoms with Crippen LogP contribution in [-0.2, 0) is 11.3 Å². The van der Waals surface area contributed by atoms with Gasteiger partial charge in [0.15, 0.2) is 11.5 Å². The molecule has 1 N–H and O–H groups in total. The van der Waals surface area contributed by atoms with Crippen molar-refractivity contribution in [2.45, 2.75) is 19.5 Å². The molecule has 0 aliphatic rings. The summed E-state index contributed by atoms with van der Waals surface area (Å²) >= 11 is 0. The molecule has 0 aliphatic heterocycles. The van der Waals surface area contributed by atoms with Gasteiger partial charge in [-0.2, -0.15) is 0 Å². The molecule has 0 spiro atoms. The molecule has 0 aliphatic carbocycles. The third kappa shape index (κ3) is 6.13. The lowest BCUT2D eigenvalue weighted by Gasteiger charge is -2.24. The molecule has 1 amide bonds.